The number of aryl methyl sites for hydroxylation is 4. The van der Waals surface area contributed by atoms with Crippen molar-refractivity contribution in [2.75, 3.05) is 10.6 Å². The minimum absolute atomic E-state index is 0.0185. The van der Waals surface area contributed by atoms with E-state index >= 15 is 0 Å². The van der Waals surface area contributed by atoms with E-state index in [2.05, 4.69) is 20.7 Å². The van der Waals surface area contributed by atoms with Crippen molar-refractivity contribution in [1.29, 1.82) is 0 Å². The van der Waals surface area contributed by atoms with Crippen LogP contribution in [-0.4, -0.2) is 26.6 Å². The third kappa shape index (κ3) is 5.38. The van der Waals surface area contributed by atoms with Gasteiger partial charge in [0.15, 0.2) is 0 Å². The fraction of sp³-hybridized carbons (Fsp3) is 0.227. The Bertz CT molecular complexity index is 1140. The Balaban J connectivity index is 1.64. The van der Waals surface area contributed by atoms with Gasteiger partial charge in [0.2, 0.25) is 5.91 Å². The highest BCUT2D eigenvalue weighted by molar-refractivity contribution is 6.02. The van der Waals surface area contributed by atoms with Crippen LogP contribution in [0.25, 0.3) is 0 Å². The molecule has 0 aliphatic rings. The number of hydrogen-bond acceptors (Lipinski definition) is 5. The summed E-state index contributed by atoms with van der Waals surface area (Å²) in [4.78, 5) is 40.8. The number of hydrogen-bond donors (Lipinski definition) is 2. The number of rotatable bonds is 6. The van der Waals surface area contributed by atoms with Crippen LogP contribution in [0.4, 0.5) is 11.5 Å². The highest BCUT2D eigenvalue weighted by Crippen LogP contribution is 2.14. The van der Waals surface area contributed by atoms with Gasteiger partial charge in [0.25, 0.3) is 11.5 Å². The van der Waals surface area contributed by atoms with E-state index in [1.807, 2.05) is 39.0 Å². The third-order valence-electron chi connectivity index (χ3n) is 4.59. The van der Waals surface area contributed by atoms with Crippen molar-refractivity contribution in [2.45, 2.75) is 33.7 Å². The Morgan fingerprint density at radius 3 is 2.47 bits per heavy atom. The normalized spacial score (nSPS) is 10.5. The number of pyridine rings is 1. The maximum absolute atomic E-state index is 12.5. The van der Waals surface area contributed by atoms with Crippen molar-refractivity contribution < 1.29 is 9.59 Å². The van der Waals surface area contributed by atoms with Crippen molar-refractivity contribution >= 4 is 23.3 Å². The molecule has 30 heavy (non-hydrogen) atoms. The smallest absolute Gasteiger partial charge is 0.276 e. The highest BCUT2D eigenvalue weighted by atomic mass is 16.2. The molecule has 8 nitrogen and oxygen atoms in total. The second-order valence-electron chi connectivity index (χ2n) is 7.05. The molecule has 3 aromatic rings. The largest absolute Gasteiger partial charge is 0.321 e. The van der Waals surface area contributed by atoms with E-state index in [9.17, 15) is 14.4 Å². The van der Waals surface area contributed by atoms with Crippen molar-refractivity contribution in [3.63, 3.8) is 0 Å². The molecule has 0 fully saturated rings. The van der Waals surface area contributed by atoms with E-state index in [1.165, 1.54) is 12.1 Å². The van der Waals surface area contributed by atoms with Gasteiger partial charge in [-0.1, -0.05) is 12.1 Å². The molecule has 0 spiro atoms. The maximum Gasteiger partial charge on any atom is 0.276 e. The van der Waals surface area contributed by atoms with Gasteiger partial charge < -0.3 is 10.6 Å². The molecule has 0 aliphatic carbocycles. The lowest BCUT2D eigenvalue weighted by Crippen LogP contribution is -2.28. The van der Waals surface area contributed by atoms with Gasteiger partial charge in [0, 0.05) is 24.4 Å². The molecule has 0 atom stereocenters. The number of carbonyl (C=O) groups excluding carboxylic acids is 2. The van der Waals surface area contributed by atoms with Crippen molar-refractivity contribution in [3.05, 3.63) is 81.4 Å². The predicted octanol–water partition coefficient (Wildman–Crippen LogP) is 2.84. The fourth-order valence-electron chi connectivity index (χ4n) is 2.70. The van der Waals surface area contributed by atoms with Gasteiger partial charge in [0.1, 0.15) is 11.5 Å². The summed E-state index contributed by atoms with van der Waals surface area (Å²) in [5.74, 6) is -0.294. The van der Waals surface area contributed by atoms with Crippen LogP contribution in [-0.2, 0) is 11.3 Å². The summed E-state index contributed by atoms with van der Waals surface area (Å²) in [6, 6.07) is 11.8. The summed E-state index contributed by atoms with van der Waals surface area (Å²) in [5, 5.41) is 9.53. The number of benzene rings is 1. The molecule has 3 rings (SSSR count). The molecular weight excluding hydrogens is 382 g/mol. The molecule has 0 saturated heterocycles. The molecule has 0 radical (unpaired) electrons. The average molecular weight is 405 g/mol. The zero-order valence-corrected chi connectivity index (χ0v) is 17.1. The number of nitrogens with zero attached hydrogens (tertiary/aromatic N) is 3. The molecule has 154 valence electrons. The third-order valence-corrected chi connectivity index (χ3v) is 4.59. The van der Waals surface area contributed by atoms with Crippen LogP contribution in [0.1, 0.15) is 33.6 Å². The lowest BCUT2D eigenvalue weighted by Gasteiger charge is -2.09. The Labute approximate surface area is 174 Å². The number of amides is 2. The van der Waals surface area contributed by atoms with E-state index < -0.39 is 5.91 Å². The second kappa shape index (κ2) is 9.13. The molecule has 2 amide bonds. The topological polar surface area (TPSA) is 106 Å². The zero-order valence-electron chi connectivity index (χ0n) is 17.1. The van der Waals surface area contributed by atoms with Crippen LogP contribution in [0.3, 0.4) is 0 Å². The lowest BCUT2D eigenvalue weighted by atomic mass is 10.1. The summed E-state index contributed by atoms with van der Waals surface area (Å²) in [6.45, 7) is 5.89. The summed E-state index contributed by atoms with van der Waals surface area (Å²) in [5.41, 5.74) is 3.51. The molecule has 0 aliphatic heterocycles. The van der Waals surface area contributed by atoms with Gasteiger partial charge in [-0.2, -0.15) is 5.10 Å². The van der Waals surface area contributed by atoms with Gasteiger partial charge in [-0.05, 0) is 61.7 Å². The van der Waals surface area contributed by atoms with Crippen LogP contribution in [0.15, 0.2) is 53.5 Å². The van der Waals surface area contributed by atoms with Crippen molar-refractivity contribution in [2.24, 2.45) is 0 Å². The molecule has 0 saturated carbocycles. The Morgan fingerprint density at radius 1 is 0.967 bits per heavy atom. The number of nitrogens with one attached hydrogen (secondary N) is 2. The Morgan fingerprint density at radius 2 is 1.77 bits per heavy atom. The minimum Gasteiger partial charge on any atom is -0.321 e. The van der Waals surface area contributed by atoms with Gasteiger partial charge in [-0.3, -0.25) is 14.4 Å². The van der Waals surface area contributed by atoms with E-state index in [4.69, 9.17) is 0 Å². The molecule has 1 aromatic carbocycles. The lowest BCUT2D eigenvalue weighted by molar-refractivity contribution is -0.116. The van der Waals surface area contributed by atoms with E-state index in [1.54, 1.807) is 18.3 Å². The van der Waals surface area contributed by atoms with Gasteiger partial charge >= 0.3 is 0 Å². The standard InChI is InChI=1S/C22H23N5O3/c1-14-4-8-19(23-13-14)25-20(28)10-11-27-21(29)9-7-18(26-27)22(30)24-17-6-5-15(2)16(3)12-17/h4-9,12-13H,10-11H2,1-3H3,(H,24,30)(H,23,25,28). The van der Waals surface area contributed by atoms with Crippen LogP contribution < -0.4 is 16.2 Å². The van der Waals surface area contributed by atoms with Crippen LogP contribution >= 0.6 is 0 Å². The van der Waals surface area contributed by atoms with Gasteiger partial charge in [0.05, 0.1) is 6.54 Å². The monoisotopic (exact) mass is 405 g/mol. The molecule has 2 aromatic heterocycles. The minimum atomic E-state index is -0.430. The SMILES string of the molecule is Cc1ccc(NC(=O)CCn2nc(C(=O)Nc3ccc(C)c(C)c3)ccc2=O)nc1. The predicted molar refractivity (Wildman–Crippen MR) is 115 cm³/mol. The molecular formula is C22H23N5O3. The van der Waals surface area contributed by atoms with E-state index in [0.29, 0.717) is 11.5 Å². The summed E-state index contributed by atoms with van der Waals surface area (Å²) < 4.78 is 1.11. The molecule has 0 unspecified atom stereocenters. The number of aromatic nitrogens is 3. The molecule has 2 heterocycles. The summed E-state index contributed by atoms with van der Waals surface area (Å²) >= 11 is 0. The first-order valence-corrected chi connectivity index (χ1v) is 9.51. The first-order valence-electron chi connectivity index (χ1n) is 9.51. The molecule has 8 heteroatoms. The van der Waals surface area contributed by atoms with Crippen LogP contribution in [0.5, 0.6) is 0 Å². The zero-order chi connectivity index (χ0) is 21.7. The highest BCUT2D eigenvalue weighted by Gasteiger charge is 2.12. The fourth-order valence-corrected chi connectivity index (χ4v) is 2.70. The maximum atomic E-state index is 12.5. The molecule has 0 bridgehead atoms. The van der Waals surface area contributed by atoms with Gasteiger partial charge in [-0.15, -0.1) is 0 Å². The van der Waals surface area contributed by atoms with Crippen LogP contribution in [0, 0.1) is 20.8 Å². The first-order chi connectivity index (χ1) is 14.3. The Kier molecular flexibility index (Phi) is 6.36. The van der Waals surface area contributed by atoms with Crippen LogP contribution in [0.2, 0.25) is 0 Å². The molecule has 2 N–H and O–H groups in total. The second-order valence-corrected chi connectivity index (χ2v) is 7.05. The quantitative estimate of drug-likeness (QED) is 0.656. The Hall–Kier alpha value is -3.81. The van der Waals surface area contributed by atoms with Crippen molar-refractivity contribution in [1.82, 2.24) is 14.8 Å². The number of carbonyl (C=O) groups is 2. The number of anilines is 2. The first kappa shape index (κ1) is 20.9. The van der Waals surface area contributed by atoms with E-state index in [-0.39, 0.29) is 30.1 Å². The average Bonchev–Trinajstić information content (AvgIpc) is 2.72. The van der Waals surface area contributed by atoms with Crippen molar-refractivity contribution in [3.8, 4) is 0 Å². The van der Waals surface area contributed by atoms with E-state index in [0.717, 1.165) is 21.4 Å². The summed E-state index contributed by atoms with van der Waals surface area (Å²) in [6.07, 6.45) is 1.67. The summed E-state index contributed by atoms with van der Waals surface area (Å²) in [7, 11) is 0. The van der Waals surface area contributed by atoms with Gasteiger partial charge in [-0.25, -0.2) is 9.67 Å².